The Morgan fingerprint density at radius 2 is 1.07 bits per heavy atom. The third-order valence-electron chi connectivity index (χ3n) is 12.4. The van der Waals surface area contributed by atoms with E-state index in [9.17, 15) is 10.2 Å². The van der Waals surface area contributed by atoms with E-state index in [1.54, 1.807) is 35.5 Å². The van der Waals surface area contributed by atoms with Crippen LogP contribution in [0.3, 0.4) is 0 Å². The van der Waals surface area contributed by atoms with Gasteiger partial charge in [-0.15, -0.1) is 0 Å². The summed E-state index contributed by atoms with van der Waals surface area (Å²) in [6, 6.07) is 0. The summed E-state index contributed by atoms with van der Waals surface area (Å²) in [5.41, 5.74) is 2.23. The number of hydrogen-bond donors (Lipinski definition) is 3. The zero-order valence-electron chi connectivity index (χ0n) is 38.2. The van der Waals surface area contributed by atoms with E-state index < -0.39 is 12.2 Å². The highest BCUT2D eigenvalue weighted by Crippen LogP contribution is 2.39. The van der Waals surface area contributed by atoms with Gasteiger partial charge in [-0.3, -0.25) is 0 Å². The number of aliphatic hydroxyl groups excluding tert-OH is 3. The molecule has 0 aromatic rings. The Balaban J connectivity index is 0.000000385. The lowest BCUT2D eigenvalue weighted by Gasteiger charge is -2.35. The molecule has 0 spiro atoms. The molecule has 17 atom stereocenters. The highest BCUT2D eigenvalue weighted by atomic mass is 16.7. The first-order valence-electron chi connectivity index (χ1n) is 21.5. The van der Waals surface area contributed by atoms with Gasteiger partial charge in [0.2, 0.25) is 0 Å². The Hall–Kier alpha value is -1.52. The molecule has 4 fully saturated rings. The fraction of sp³-hybridized carbons (Fsp3) is 0.826. The lowest BCUT2D eigenvalue weighted by Crippen LogP contribution is -2.41. The SMILES string of the molecule is CCC(OC)C(C)C1OC1C(O)C(C)/C=C/C=C(\C)C1OCCCC1OC.CCC(OC)C(C)C1OC1C(O)C(C)/C=C/C=C(\C)C1O[C@@H](OC)CC[C@H]1OC.CO. The van der Waals surface area contributed by atoms with Gasteiger partial charge in [-0.2, -0.15) is 0 Å². The van der Waals surface area contributed by atoms with E-state index in [4.69, 9.17) is 47.7 Å². The van der Waals surface area contributed by atoms with Gasteiger partial charge >= 0.3 is 0 Å². The van der Waals surface area contributed by atoms with Gasteiger partial charge in [-0.1, -0.05) is 78.0 Å². The summed E-state index contributed by atoms with van der Waals surface area (Å²) in [4.78, 5) is 0. The van der Waals surface area contributed by atoms with E-state index in [-0.39, 0.29) is 91.0 Å². The number of allylic oxidation sites excluding steroid dienone is 4. The summed E-state index contributed by atoms with van der Waals surface area (Å²) in [5, 5.41) is 28.3. The minimum Gasteiger partial charge on any atom is -0.400 e. The summed E-state index contributed by atoms with van der Waals surface area (Å²) >= 11 is 0. The first-order valence-corrected chi connectivity index (χ1v) is 21.5. The van der Waals surface area contributed by atoms with Gasteiger partial charge in [-0.25, -0.2) is 0 Å². The molecule has 4 saturated heterocycles. The molecular formula is C46H82O12. The minimum atomic E-state index is -0.530. The molecular weight excluding hydrogens is 744 g/mol. The molecule has 0 amide bonds. The molecule has 0 bridgehead atoms. The van der Waals surface area contributed by atoms with E-state index in [0.29, 0.717) is 0 Å². The van der Waals surface area contributed by atoms with Gasteiger partial charge in [0, 0.05) is 79.4 Å². The Morgan fingerprint density at radius 1 is 0.621 bits per heavy atom. The van der Waals surface area contributed by atoms with Gasteiger partial charge in [-0.05, 0) is 57.1 Å². The van der Waals surface area contributed by atoms with Crippen molar-refractivity contribution in [3.8, 4) is 0 Å². The van der Waals surface area contributed by atoms with E-state index in [1.807, 2.05) is 51.2 Å². The summed E-state index contributed by atoms with van der Waals surface area (Å²) in [5.74, 6) is 0.559. The molecule has 0 aromatic carbocycles. The lowest BCUT2D eigenvalue weighted by molar-refractivity contribution is -0.205. The van der Waals surface area contributed by atoms with Gasteiger partial charge < -0.3 is 58.0 Å². The van der Waals surface area contributed by atoms with Crippen LogP contribution in [-0.4, -0.2) is 144 Å². The maximum absolute atomic E-state index is 10.7. The average Bonchev–Trinajstić information content (AvgIpc) is 4.20. The van der Waals surface area contributed by atoms with Crippen LogP contribution in [0.5, 0.6) is 0 Å². The van der Waals surface area contributed by atoms with Crippen molar-refractivity contribution in [3.63, 3.8) is 0 Å². The highest BCUT2D eigenvalue weighted by Gasteiger charge is 2.51. The number of ether oxygens (including phenoxy) is 9. The third-order valence-corrected chi connectivity index (χ3v) is 12.4. The zero-order valence-corrected chi connectivity index (χ0v) is 38.2. The van der Waals surface area contributed by atoms with E-state index in [1.165, 1.54) is 0 Å². The van der Waals surface area contributed by atoms with Crippen molar-refractivity contribution in [2.45, 2.75) is 173 Å². The first kappa shape index (κ1) is 52.6. The Kier molecular flexibility index (Phi) is 24.9. The number of hydrogen-bond acceptors (Lipinski definition) is 12. The summed E-state index contributed by atoms with van der Waals surface area (Å²) < 4.78 is 51.0. The molecule has 12 heteroatoms. The predicted octanol–water partition coefficient (Wildman–Crippen LogP) is 6.60. The monoisotopic (exact) mass is 827 g/mol. The van der Waals surface area contributed by atoms with Crippen LogP contribution in [-0.2, 0) is 42.6 Å². The van der Waals surface area contributed by atoms with Crippen molar-refractivity contribution in [3.05, 3.63) is 47.6 Å². The molecule has 15 unspecified atom stereocenters. The van der Waals surface area contributed by atoms with Crippen molar-refractivity contribution in [2.24, 2.45) is 23.7 Å². The molecule has 0 radical (unpaired) electrons. The smallest absolute Gasteiger partial charge is 0.158 e. The van der Waals surface area contributed by atoms with Crippen LogP contribution in [0.15, 0.2) is 47.6 Å². The summed E-state index contributed by atoms with van der Waals surface area (Å²) in [6.07, 6.45) is 16.9. The molecule has 3 N–H and O–H groups in total. The summed E-state index contributed by atoms with van der Waals surface area (Å²) in [6.45, 7) is 17.4. The van der Waals surface area contributed by atoms with Crippen LogP contribution in [0.25, 0.3) is 0 Å². The Labute approximate surface area is 351 Å². The Bertz CT molecular complexity index is 1230. The maximum Gasteiger partial charge on any atom is 0.158 e. The maximum atomic E-state index is 10.7. The normalized spacial score (nSPS) is 33.2. The topological polar surface area (TPSA) is 150 Å². The third kappa shape index (κ3) is 15.4. The van der Waals surface area contributed by atoms with Crippen LogP contribution < -0.4 is 0 Å². The number of rotatable bonds is 21. The van der Waals surface area contributed by atoms with Crippen molar-refractivity contribution in [1.82, 2.24) is 0 Å². The van der Waals surface area contributed by atoms with Gasteiger partial charge in [0.25, 0.3) is 0 Å². The highest BCUT2D eigenvalue weighted by molar-refractivity contribution is 5.19. The Morgan fingerprint density at radius 3 is 1.48 bits per heavy atom. The minimum absolute atomic E-state index is 0.0129. The summed E-state index contributed by atoms with van der Waals surface area (Å²) in [7, 11) is 9.60. The standard InChI is InChI=1S/C23H40O6.C22H38O5.CH4O/c1-8-17(25-5)16(4)22-23(29-22)20(24)14(2)10-9-11-15(3)21-18(26-6)12-13-19(27-7)28-21;1-7-17(24-5)16(4)21-22(27-21)19(23)14(2)10-8-11-15(3)20-18(25-6)12-9-13-26-20;1-2/h9-11,14,16-24H,8,12-13H2,1-7H3;8,10-11,14,16-23H,7,9,12-13H2,1-6H3;2H,1H3/b10-9+,15-11+;10-8+,15-11+;/t14?,16?,17?,18-,19-,20?,21?,22?,23?;;/m1../s1. The first-order chi connectivity index (χ1) is 27.8. The fourth-order valence-electron chi connectivity index (χ4n) is 8.38. The van der Waals surface area contributed by atoms with Crippen molar-refractivity contribution in [2.75, 3.05) is 49.3 Å². The van der Waals surface area contributed by atoms with Crippen LogP contribution in [0.2, 0.25) is 0 Å². The fourth-order valence-corrected chi connectivity index (χ4v) is 8.38. The largest absolute Gasteiger partial charge is 0.400 e. The average molecular weight is 827 g/mol. The van der Waals surface area contributed by atoms with Gasteiger partial charge in [0.05, 0.1) is 48.8 Å². The predicted molar refractivity (Wildman–Crippen MR) is 228 cm³/mol. The van der Waals surface area contributed by atoms with E-state index in [0.717, 1.165) is 63.4 Å². The van der Waals surface area contributed by atoms with Crippen LogP contribution >= 0.6 is 0 Å². The molecule has 0 aliphatic carbocycles. The molecule has 4 heterocycles. The van der Waals surface area contributed by atoms with Crippen LogP contribution in [0, 0.1) is 23.7 Å². The molecule has 4 aliphatic heterocycles. The quantitative estimate of drug-likeness (QED) is 0.0846. The van der Waals surface area contributed by atoms with Crippen molar-refractivity contribution < 1.29 is 58.0 Å². The zero-order chi connectivity index (χ0) is 43.5. The second-order valence-electron chi connectivity index (χ2n) is 16.3. The number of aliphatic hydroxyl groups is 3. The van der Waals surface area contributed by atoms with Crippen LogP contribution in [0.4, 0.5) is 0 Å². The van der Waals surface area contributed by atoms with Gasteiger partial charge in [0.15, 0.2) is 6.29 Å². The van der Waals surface area contributed by atoms with Crippen LogP contribution in [0.1, 0.15) is 93.9 Å². The molecule has 4 rings (SSSR count). The number of methoxy groups -OCH3 is 5. The molecule has 12 nitrogen and oxygen atoms in total. The van der Waals surface area contributed by atoms with E-state index in [2.05, 4.69) is 40.7 Å². The van der Waals surface area contributed by atoms with E-state index >= 15 is 0 Å². The molecule has 58 heavy (non-hydrogen) atoms. The molecule has 4 aliphatic rings. The van der Waals surface area contributed by atoms with Crippen molar-refractivity contribution >= 4 is 0 Å². The second kappa shape index (κ2) is 27.4. The molecule has 338 valence electrons. The lowest BCUT2D eigenvalue weighted by atomic mass is 9.91. The molecule has 0 aromatic heterocycles. The van der Waals surface area contributed by atoms with Gasteiger partial charge in [0.1, 0.15) is 24.4 Å². The number of epoxide rings is 2. The molecule has 0 saturated carbocycles. The second-order valence-corrected chi connectivity index (χ2v) is 16.3. The van der Waals surface area contributed by atoms with Crippen molar-refractivity contribution in [1.29, 1.82) is 0 Å².